The average Bonchev–Trinajstić information content (AvgIpc) is 2.21. The molecule has 0 heterocycles. The molecule has 1 aliphatic carbocycles. The van der Waals surface area contributed by atoms with Gasteiger partial charge in [-0.25, -0.2) is 0 Å². The number of aliphatic imine (C=N–C) groups is 1. The third-order valence-corrected chi connectivity index (χ3v) is 3.52. The van der Waals surface area contributed by atoms with Crippen molar-refractivity contribution >= 4 is 29.9 Å². The predicted molar refractivity (Wildman–Crippen MR) is 90.8 cm³/mol. The van der Waals surface area contributed by atoms with Crippen LogP contribution in [0.5, 0.6) is 0 Å². The number of hydrogen-bond acceptors (Lipinski definition) is 1. The van der Waals surface area contributed by atoms with Crippen LogP contribution in [0.15, 0.2) is 4.99 Å². The zero-order valence-electron chi connectivity index (χ0n) is 12.4. The molecule has 0 aromatic heterocycles. The molecule has 0 aromatic rings. The van der Waals surface area contributed by atoms with Crippen LogP contribution in [0.2, 0.25) is 0 Å². The molecule has 0 atom stereocenters. The van der Waals surface area contributed by atoms with Gasteiger partial charge in [0.25, 0.3) is 0 Å². The Balaban J connectivity index is 0.00000289. The molecule has 0 radical (unpaired) electrons. The second-order valence-corrected chi connectivity index (χ2v) is 5.68. The summed E-state index contributed by atoms with van der Waals surface area (Å²) in [6.45, 7) is 11.7. The number of guanidine groups is 1. The molecule has 1 aliphatic rings. The number of rotatable bonds is 6. The van der Waals surface area contributed by atoms with Crippen LogP contribution in [-0.4, -0.2) is 25.6 Å². The highest BCUT2D eigenvalue weighted by Gasteiger charge is 2.37. The molecule has 0 amide bonds. The van der Waals surface area contributed by atoms with Gasteiger partial charge in [0, 0.05) is 19.6 Å². The van der Waals surface area contributed by atoms with Gasteiger partial charge in [-0.15, -0.1) is 24.0 Å². The van der Waals surface area contributed by atoms with Gasteiger partial charge in [-0.05, 0) is 44.4 Å². The highest BCUT2D eigenvalue weighted by Crippen LogP contribution is 2.46. The van der Waals surface area contributed by atoms with Gasteiger partial charge in [0.05, 0.1) is 0 Å². The van der Waals surface area contributed by atoms with Crippen molar-refractivity contribution in [1.82, 2.24) is 10.6 Å². The molecular formula is C14H30IN3. The minimum atomic E-state index is 0. The van der Waals surface area contributed by atoms with Gasteiger partial charge in [-0.1, -0.05) is 20.3 Å². The summed E-state index contributed by atoms with van der Waals surface area (Å²) in [4.78, 5) is 4.74. The number of hydrogen-bond donors (Lipinski definition) is 2. The van der Waals surface area contributed by atoms with E-state index in [9.17, 15) is 0 Å². The lowest BCUT2D eigenvalue weighted by atomic mass is 9.64. The SMILES string of the molecule is CCNC(=NCC1(CC(C)C)CCC1)NCC.I. The fraction of sp³-hybridized carbons (Fsp3) is 0.929. The number of halogens is 1. The van der Waals surface area contributed by atoms with Gasteiger partial charge in [-0.2, -0.15) is 0 Å². The first-order chi connectivity index (χ1) is 8.12. The molecule has 1 saturated carbocycles. The molecule has 0 aliphatic heterocycles. The Bertz CT molecular complexity index is 239. The molecule has 0 bridgehead atoms. The van der Waals surface area contributed by atoms with Crippen molar-refractivity contribution in [2.75, 3.05) is 19.6 Å². The van der Waals surface area contributed by atoms with Gasteiger partial charge in [0.2, 0.25) is 0 Å². The monoisotopic (exact) mass is 367 g/mol. The summed E-state index contributed by atoms with van der Waals surface area (Å²) in [6.07, 6.45) is 5.43. The van der Waals surface area contributed by atoms with E-state index in [1.807, 2.05) is 0 Å². The number of nitrogens with one attached hydrogen (secondary N) is 2. The van der Waals surface area contributed by atoms with E-state index in [2.05, 4.69) is 38.3 Å². The van der Waals surface area contributed by atoms with Crippen LogP contribution in [0, 0.1) is 11.3 Å². The van der Waals surface area contributed by atoms with Crippen LogP contribution in [0.1, 0.15) is 53.4 Å². The maximum atomic E-state index is 4.74. The minimum absolute atomic E-state index is 0. The maximum absolute atomic E-state index is 4.74. The van der Waals surface area contributed by atoms with E-state index in [0.29, 0.717) is 5.41 Å². The minimum Gasteiger partial charge on any atom is -0.357 e. The summed E-state index contributed by atoms with van der Waals surface area (Å²) in [7, 11) is 0. The Labute approximate surface area is 130 Å². The highest BCUT2D eigenvalue weighted by atomic mass is 127. The fourth-order valence-electron chi connectivity index (χ4n) is 2.73. The van der Waals surface area contributed by atoms with Gasteiger partial charge in [0.1, 0.15) is 0 Å². The van der Waals surface area contributed by atoms with Crippen molar-refractivity contribution in [3.63, 3.8) is 0 Å². The van der Waals surface area contributed by atoms with E-state index >= 15 is 0 Å². The standard InChI is InChI=1S/C14H29N3.HI/c1-5-15-13(16-6-2)17-11-14(8-7-9-14)10-12(3)4;/h12H,5-11H2,1-4H3,(H2,15,16,17);1H. The second kappa shape index (κ2) is 8.99. The van der Waals surface area contributed by atoms with E-state index in [0.717, 1.165) is 31.5 Å². The smallest absolute Gasteiger partial charge is 0.191 e. The van der Waals surface area contributed by atoms with Gasteiger partial charge >= 0.3 is 0 Å². The van der Waals surface area contributed by atoms with Crippen molar-refractivity contribution in [3.8, 4) is 0 Å². The van der Waals surface area contributed by atoms with Gasteiger partial charge in [0.15, 0.2) is 5.96 Å². The molecule has 18 heavy (non-hydrogen) atoms. The summed E-state index contributed by atoms with van der Waals surface area (Å²) in [5.74, 6) is 1.76. The molecule has 3 nitrogen and oxygen atoms in total. The Morgan fingerprint density at radius 1 is 1.17 bits per heavy atom. The van der Waals surface area contributed by atoms with E-state index in [4.69, 9.17) is 4.99 Å². The zero-order chi connectivity index (χ0) is 12.7. The largest absolute Gasteiger partial charge is 0.357 e. The molecule has 0 aromatic carbocycles. The highest BCUT2D eigenvalue weighted by molar-refractivity contribution is 14.0. The lowest BCUT2D eigenvalue weighted by Gasteiger charge is -2.42. The summed E-state index contributed by atoms with van der Waals surface area (Å²) in [5.41, 5.74) is 0.504. The third-order valence-electron chi connectivity index (χ3n) is 3.52. The summed E-state index contributed by atoms with van der Waals surface area (Å²) >= 11 is 0. The Hall–Kier alpha value is 0. The molecule has 1 rings (SSSR count). The van der Waals surface area contributed by atoms with Gasteiger partial charge < -0.3 is 10.6 Å². The first-order valence-electron chi connectivity index (χ1n) is 7.14. The van der Waals surface area contributed by atoms with Crippen LogP contribution >= 0.6 is 24.0 Å². The van der Waals surface area contributed by atoms with Crippen molar-refractivity contribution in [2.45, 2.75) is 53.4 Å². The lowest BCUT2D eigenvalue weighted by Crippen LogP contribution is -2.40. The molecule has 108 valence electrons. The van der Waals surface area contributed by atoms with Crippen LogP contribution < -0.4 is 10.6 Å². The van der Waals surface area contributed by atoms with Gasteiger partial charge in [-0.3, -0.25) is 4.99 Å². The van der Waals surface area contributed by atoms with Crippen LogP contribution in [0.3, 0.4) is 0 Å². The Kier molecular flexibility index (Phi) is 8.99. The topological polar surface area (TPSA) is 36.4 Å². The zero-order valence-corrected chi connectivity index (χ0v) is 14.7. The normalized spacial score (nSPS) is 16.5. The van der Waals surface area contributed by atoms with Crippen LogP contribution in [0.25, 0.3) is 0 Å². The first kappa shape index (κ1) is 18.0. The van der Waals surface area contributed by atoms with Crippen molar-refractivity contribution in [3.05, 3.63) is 0 Å². The summed E-state index contributed by atoms with van der Waals surface area (Å²) < 4.78 is 0. The molecule has 0 saturated heterocycles. The summed E-state index contributed by atoms with van der Waals surface area (Å²) in [6, 6.07) is 0. The fourth-order valence-corrected chi connectivity index (χ4v) is 2.73. The quantitative estimate of drug-likeness (QED) is 0.429. The van der Waals surface area contributed by atoms with E-state index in [1.54, 1.807) is 0 Å². The first-order valence-corrected chi connectivity index (χ1v) is 7.14. The van der Waals surface area contributed by atoms with Crippen LogP contribution in [0.4, 0.5) is 0 Å². The van der Waals surface area contributed by atoms with Crippen molar-refractivity contribution in [2.24, 2.45) is 16.3 Å². The molecular weight excluding hydrogens is 337 g/mol. The Morgan fingerprint density at radius 2 is 1.72 bits per heavy atom. The lowest BCUT2D eigenvalue weighted by molar-refractivity contribution is 0.111. The number of nitrogens with zero attached hydrogens (tertiary/aromatic N) is 1. The third kappa shape index (κ3) is 5.76. The van der Waals surface area contributed by atoms with Crippen LogP contribution in [-0.2, 0) is 0 Å². The van der Waals surface area contributed by atoms with E-state index in [-0.39, 0.29) is 24.0 Å². The molecule has 0 unspecified atom stereocenters. The molecule has 4 heteroatoms. The van der Waals surface area contributed by atoms with Crippen molar-refractivity contribution in [1.29, 1.82) is 0 Å². The summed E-state index contributed by atoms with van der Waals surface area (Å²) in [5, 5.41) is 6.59. The Morgan fingerprint density at radius 3 is 2.06 bits per heavy atom. The maximum Gasteiger partial charge on any atom is 0.191 e. The second-order valence-electron chi connectivity index (χ2n) is 5.68. The molecule has 2 N–H and O–H groups in total. The van der Waals surface area contributed by atoms with E-state index in [1.165, 1.54) is 25.7 Å². The van der Waals surface area contributed by atoms with E-state index < -0.39 is 0 Å². The molecule has 0 spiro atoms. The predicted octanol–water partition coefficient (Wildman–Crippen LogP) is 3.40. The average molecular weight is 367 g/mol. The van der Waals surface area contributed by atoms with Crippen molar-refractivity contribution < 1.29 is 0 Å². The molecule has 1 fully saturated rings.